The van der Waals surface area contributed by atoms with E-state index in [9.17, 15) is 22.8 Å². The predicted molar refractivity (Wildman–Crippen MR) is 82.7 cm³/mol. The van der Waals surface area contributed by atoms with Crippen LogP contribution < -0.4 is 10.9 Å². The van der Waals surface area contributed by atoms with Crippen LogP contribution >= 0.6 is 11.3 Å². The largest absolute Gasteiger partial charge is 0.417 e. The van der Waals surface area contributed by atoms with Gasteiger partial charge in [0.15, 0.2) is 0 Å². The Hall–Kier alpha value is -2.35. The second-order valence-electron chi connectivity index (χ2n) is 5.36. The summed E-state index contributed by atoms with van der Waals surface area (Å²) < 4.78 is 38.7. The smallest absolute Gasteiger partial charge is 0.267 e. The molecule has 24 heavy (non-hydrogen) atoms. The Labute approximate surface area is 139 Å². The van der Waals surface area contributed by atoms with E-state index in [1.165, 1.54) is 23.5 Å². The van der Waals surface area contributed by atoms with Gasteiger partial charge < -0.3 is 0 Å². The Morgan fingerprint density at radius 1 is 1.04 bits per heavy atom. The van der Waals surface area contributed by atoms with Crippen LogP contribution in [0, 0.1) is 0 Å². The molecule has 0 radical (unpaired) electrons. The molecule has 8 heteroatoms. The van der Waals surface area contributed by atoms with Crippen LogP contribution in [0.2, 0.25) is 0 Å². The van der Waals surface area contributed by atoms with Crippen molar-refractivity contribution in [2.24, 2.45) is 0 Å². The highest BCUT2D eigenvalue weighted by molar-refractivity contribution is 7.14. The average Bonchev–Trinajstić information content (AvgIpc) is 3.13. The summed E-state index contributed by atoms with van der Waals surface area (Å²) in [4.78, 5) is 25.6. The zero-order valence-electron chi connectivity index (χ0n) is 12.4. The fourth-order valence-corrected chi connectivity index (χ4v) is 3.76. The molecule has 2 N–H and O–H groups in total. The minimum atomic E-state index is -4.65. The lowest BCUT2D eigenvalue weighted by molar-refractivity contribution is -0.137. The Balaban J connectivity index is 1.68. The van der Waals surface area contributed by atoms with Crippen molar-refractivity contribution in [2.75, 3.05) is 0 Å². The third kappa shape index (κ3) is 3.28. The van der Waals surface area contributed by atoms with Crippen LogP contribution in [0.15, 0.2) is 30.3 Å². The maximum atomic E-state index is 12.9. The third-order valence-corrected chi connectivity index (χ3v) is 4.97. The van der Waals surface area contributed by atoms with Crippen molar-refractivity contribution in [1.29, 1.82) is 0 Å². The zero-order chi connectivity index (χ0) is 17.3. The molecule has 4 nitrogen and oxygen atoms in total. The first-order valence-electron chi connectivity index (χ1n) is 7.25. The lowest BCUT2D eigenvalue weighted by Gasteiger charge is -2.12. The topological polar surface area (TPSA) is 58.2 Å². The van der Waals surface area contributed by atoms with Crippen LogP contribution in [-0.2, 0) is 19.0 Å². The summed E-state index contributed by atoms with van der Waals surface area (Å²) in [5.41, 5.74) is 3.74. The van der Waals surface area contributed by atoms with Crippen molar-refractivity contribution < 1.29 is 22.8 Å². The summed E-state index contributed by atoms with van der Waals surface area (Å²) in [6.07, 6.45) is -1.73. The molecule has 1 aliphatic rings. The number of carbonyl (C=O) groups excluding carboxylic acids is 2. The molecule has 1 aromatic carbocycles. The number of benzene rings is 1. The Kier molecular flexibility index (Phi) is 4.31. The Morgan fingerprint density at radius 3 is 2.46 bits per heavy atom. The Morgan fingerprint density at radius 2 is 1.75 bits per heavy atom. The first-order valence-corrected chi connectivity index (χ1v) is 8.06. The van der Waals surface area contributed by atoms with Crippen molar-refractivity contribution in [3.8, 4) is 0 Å². The summed E-state index contributed by atoms with van der Waals surface area (Å²) >= 11 is 1.34. The molecule has 1 heterocycles. The van der Waals surface area contributed by atoms with Crippen molar-refractivity contribution in [3.05, 3.63) is 56.8 Å². The standard InChI is InChI=1S/C16H13F3N2O2S/c17-16(18,19)11-6-2-1-5-10(11)14(22)20-21-15(23)13-8-9-4-3-7-12(9)24-13/h1-2,5-6,8H,3-4,7H2,(H,20,22)(H,21,23). The molecule has 0 unspecified atom stereocenters. The minimum absolute atomic E-state index is 0.434. The summed E-state index contributed by atoms with van der Waals surface area (Å²) in [6, 6.07) is 6.17. The molecule has 126 valence electrons. The van der Waals surface area contributed by atoms with E-state index in [0.717, 1.165) is 41.8 Å². The van der Waals surface area contributed by atoms with E-state index in [1.54, 1.807) is 6.07 Å². The van der Waals surface area contributed by atoms with E-state index in [0.29, 0.717) is 4.88 Å². The van der Waals surface area contributed by atoms with Gasteiger partial charge in [0, 0.05) is 4.88 Å². The molecule has 0 atom stereocenters. The highest BCUT2D eigenvalue weighted by atomic mass is 32.1. The van der Waals surface area contributed by atoms with Gasteiger partial charge in [-0.2, -0.15) is 13.2 Å². The number of alkyl halides is 3. The summed E-state index contributed by atoms with van der Waals surface area (Å²) in [6.45, 7) is 0. The van der Waals surface area contributed by atoms with Crippen LogP contribution in [0.1, 0.15) is 42.5 Å². The minimum Gasteiger partial charge on any atom is -0.267 e. The number of hydrogen-bond donors (Lipinski definition) is 2. The first-order chi connectivity index (χ1) is 11.4. The van der Waals surface area contributed by atoms with Gasteiger partial charge in [0.1, 0.15) is 0 Å². The summed E-state index contributed by atoms with van der Waals surface area (Å²) in [5, 5.41) is 0. The molecule has 1 aromatic heterocycles. The van der Waals surface area contributed by atoms with Crippen molar-refractivity contribution in [3.63, 3.8) is 0 Å². The van der Waals surface area contributed by atoms with Crippen LogP contribution in [0.5, 0.6) is 0 Å². The van der Waals surface area contributed by atoms with Crippen LogP contribution in [0.3, 0.4) is 0 Å². The molecule has 2 amide bonds. The second-order valence-corrected chi connectivity index (χ2v) is 6.50. The number of rotatable bonds is 2. The van der Waals surface area contributed by atoms with Gasteiger partial charge in [-0.1, -0.05) is 12.1 Å². The van der Waals surface area contributed by atoms with Gasteiger partial charge in [0.25, 0.3) is 11.8 Å². The maximum absolute atomic E-state index is 12.9. The summed E-state index contributed by atoms with van der Waals surface area (Å²) in [5.74, 6) is -1.55. The van der Waals surface area contributed by atoms with E-state index in [4.69, 9.17) is 0 Å². The lowest BCUT2D eigenvalue weighted by Crippen LogP contribution is -2.42. The predicted octanol–water partition coefficient (Wildman–Crippen LogP) is 3.33. The number of amides is 2. The number of aryl methyl sites for hydroxylation is 2. The monoisotopic (exact) mass is 354 g/mol. The highest BCUT2D eigenvalue weighted by Gasteiger charge is 2.34. The SMILES string of the molecule is O=C(NNC(=O)c1ccccc1C(F)(F)F)c1cc2c(s1)CCC2. The second kappa shape index (κ2) is 6.27. The molecule has 0 aliphatic heterocycles. The molecule has 1 aliphatic carbocycles. The van der Waals surface area contributed by atoms with Crippen LogP contribution in [0.4, 0.5) is 13.2 Å². The van der Waals surface area contributed by atoms with Gasteiger partial charge in [0.05, 0.1) is 16.0 Å². The van der Waals surface area contributed by atoms with Gasteiger partial charge in [-0.3, -0.25) is 20.4 Å². The van der Waals surface area contributed by atoms with Gasteiger partial charge >= 0.3 is 6.18 Å². The highest BCUT2D eigenvalue weighted by Crippen LogP contribution is 2.32. The molecular weight excluding hydrogens is 341 g/mol. The number of thiophene rings is 1. The Bertz CT molecular complexity index is 777. The van der Waals surface area contributed by atoms with E-state index >= 15 is 0 Å². The van der Waals surface area contributed by atoms with E-state index < -0.39 is 29.1 Å². The number of carbonyl (C=O) groups is 2. The first kappa shape index (κ1) is 16.5. The van der Waals surface area contributed by atoms with Crippen LogP contribution in [0.25, 0.3) is 0 Å². The normalized spacial score (nSPS) is 13.5. The number of hydrazine groups is 1. The fourth-order valence-electron chi connectivity index (χ4n) is 2.61. The number of hydrogen-bond acceptors (Lipinski definition) is 3. The molecular formula is C16H13F3N2O2S. The molecule has 3 rings (SSSR count). The van der Waals surface area contributed by atoms with E-state index in [1.807, 2.05) is 5.43 Å². The molecule has 0 saturated heterocycles. The van der Waals surface area contributed by atoms with Crippen molar-refractivity contribution >= 4 is 23.2 Å². The van der Waals surface area contributed by atoms with E-state index in [-0.39, 0.29) is 0 Å². The quantitative estimate of drug-likeness (QED) is 0.813. The molecule has 0 saturated carbocycles. The van der Waals surface area contributed by atoms with Gasteiger partial charge in [-0.15, -0.1) is 11.3 Å². The molecule has 0 fully saturated rings. The van der Waals surface area contributed by atoms with Crippen molar-refractivity contribution in [2.45, 2.75) is 25.4 Å². The lowest BCUT2D eigenvalue weighted by atomic mass is 10.1. The van der Waals surface area contributed by atoms with Gasteiger partial charge in [-0.05, 0) is 43.0 Å². The average molecular weight is 354 g/mol. The van der Waals surface area contributed by atoms with Crippen LogP contribution in [-0.4, -0.2) is 11.8 Å². The molecule has 0 spiro atoms. The molecule has 0 bridgehead atoms. The number of fused-ring (bicyclic) bond motifs is 1. The summed E-state index contributed by atoms with van der Waals surface area (Å²) in [7, 11) is 0. The van der Waals surface area contributed by atoms with Gasteiger partial charge in [-0.25, -0.2) is 0 Å². The van der Waals surface area contributed by atoms with Gasteiger partial charge in [0.2, 0.25) is 0 Å². The maximum Gasteiger partial charge on any atom is 0.417 e. The zero-order valence-corrected chi connectivity index (χ0v) is 13.2. The number of halogens is 3. The van der Waals surface area contributed by atoms with E-state index in [2.05, 4.69) is 5.43 Å². The number of nitrogens with one attached hydrogen (secondary N) is 2. The molecule has 2 aromatic rings. The van der Waals surface area contributed by atoms with Crippen molar-refractivity contribution in [1.82, 2.24) is 10.9 Å². The third-order valence-electron chi connectivity index (χ3n) is 3.74. The fraction of sp³-hybridized carbons (Fsp3) is 0.250.